The predicted octanol–water partition coefficient (Wildman–Crippen LogP) is 3.39. The first-order valence-electron chi connectivity index (χ1n) is 6.61. The van der Waals surface area contributed by atoms with Gasteiger partial charge in [-0.2, -0.15) is 4.31 Å². The number of sulfonamides is 1. The number of benzene rings is 1. The summed E-state index contributed by atoms with van der Waals surface area (Å²) in [4.78, 5) is 0.0299. The van der Waals surface area contributed by atoms with Crippen molar-refractivity contribution in [1.29, 1.82) is 0 Å². The van der Waals surface area contributed by atoms with E-state index in [2.05, 4.69) is 0 Å². The maximum atomic E-state index is 12.7. The van der Waals surface area contributed by atoms with Crippen molar-refractivity contribution < 1.29 is 8.42 Å². The lowest BCUT2D eigenvalue weighted by molar-refractivity contribution is 0.250. The summed E-state index contributed by atoms with van der Waals surface area (Å²) in [5.74, 6) is 0.452. The van der Waals surface area contributed by atoms with Crippen LogP contribution in [-0.2, 0) is 10.0 Å². The van der Waals surface area contributed by atoms with Gasteiger partial charge in [0.05, 0.1) is 15.7 Å². The Morgan fingerprint density at radius 2 is 2.00 bits per heavy atom. The van der Waals surface area contributed by atoms with Crippen molar-refractivity contribution >= 4 is 38.9 Å². The molecule has 4 nitrogen and oxygen atoms in total. The van der Waals surface area contributed by atoms with E-state index in [0.29, 0.717) is 19.0 Å². The van der Waals surface area contributed by atoms with Crippen LogP contribution >= 0.6 is 23.2 Å². The third-order valence-electron chi connectivity index (χ3n) is 3.75. The van der Waals surface area contributed by atoms with Crippen LogP contribution in [0.3, 0.4) is 0 Å². The molecule has 1 aromatic carbocycles. The molecule has 112 valence electrons. The van der Waals surface area contributed by atoms with Crippen molar-refractivity contribution in [3.8, 4) is 0 Å². The SMILES string of the molecule is CCN(CC1CCC1)S(=O)(=O)c1ccc(Cl)c(N)c1Cl. The van der Waals surface area contributed by atoms with Gasteiger partial charge in [0.25, 0.3) is 0 Å². The van der Waals surface area contributed by atoms with Crippen molar-refractivity contribution in [2.75, 3.05) is 18.8 Å². The summed E-state index contributed by atoms with van der Waals surface area (Å²) >= 11 is 11.9. The van der Waals surface area contributed by atoms with Crippen molar-refractivity contribution in [3.05, 3.63) is 22.2 Å². The second-order valence-electron chi connectivity index (χ2n) is 5.03. The Morgan fingerprint density at radius 3 is 2.50 bits per heavy atom. The van der Waals surface area contributed by atoms with E-state index in [1.165, 1.54) is 22.9 Å². The molecule has 0 atom stereocenters. The van der Waals surface area contributed by atoms with Gasteiger partial charge in [-0.3, -0.25) is 0 Å². The molecule has 2 N–H and O–H groups in total. The van der Waals surface area contributed by atoms with Crippen LogP contribution in [0, 0.1) is 5.92 Å². The van der Waals surface area contributed by atoms with Gasteiger partial charge in [-0.05, 0) is 30.9 Å². The minimum absolute atomic E-state index is 0.00422. The van der Waals surface area contributed by atoms with E-state index in [1.54, 1.807) is 0 Å². The van der Waals surface area contributed by atoms with E-state index < -0.39 is 10.0 Å². The van der Waals surface area contributed by atoms with E-state index in [1.807, 2.05) is 6.92 Å². The van der Waals surface area contributed by atoms with E-state index in [-0.39, 0.29) is 20.6 Å². The molecule has 1 aliphatic carbocycles. The Labute approximate surface area is 129 Å². The van der Waals surface area contributed by atoms with Gasteiger partial charge in [-0.15, -0.1) is 0 Å². The van der Waals surface area contributed by atoms with Gasteiger partial charge in [-0.1, -0.05) is 36.5 Å². The molecule has 0 bridgehead atoms. The first kappa shape index (κ1) is 15.9. The van der Waals surface area contributed by atoms with Crippen LogP contribution < -0.4 is 5.73 Å². The summed E-state index contributed by atoms with van der Waals surface area (Å²) in [5.41, 5.74) is 5.82. The minimum atomic E-state index is -3.63. The van der Waals surface area contributed by atoms with Crippen molar-refractivity contribution in [2.24, 2.45) is 5.92 Å². The molecule has 0 spiro atoms. The molecular formula is C13H18Cl2N2O2S. The number of rotatable bonds is 5. The summed E-state index contributed by atoms with van der Waals surface area (Å²) in [6.45, 7) is 2.78. The Bertz CT molecular complexity index is 601. The van der Waals surface area contributed by atoms with Gasteiger partial charge in [0.2, 0.25) is 10.0 Å². The standard InChI is InChI=1S/C13H18Cl2N2O2S/c1-2-17(8-9-4-3-5-9)20(18,19)11-7-6-10(14)13(16)12(11)15/h6-7,9H,2-5,8,16H2,1H3. The number of anilines is 1. The smallest absolute Gasteiger partial charge is 0.244 e. The molecule has 0 amide bonds. The third kappa shape index (κ3) is 2.91. The summed E-state index contributed by atoms with van der Waals surface area (Å²) in [6.07, 6.45) is 3.35. The Hall–Kier alpha value is -0.490. The second-order valence-corrected chi connectivity index (χ2v) is 7.72. The minimum Gasteiger partial charge on any atom is -0.396 e. The molecule has 1 saturated carbocycles. The molecule has 0 heterocycles. The maximum absolute atomic E-state index is 12.7. The zero-order valence-corrected chi connectivity index (χ0v) is 13.6. The molecular weight excluding hydrogens is 319 g/mol. The highest BCUT2D eigenvalue weighted by Gasteiger charge is 2.30. The molecule has 7 heteroatoms. The molecule has 0 unspecified atom stereocenters. The van der Waals surface area contributed by atoms with Crippen molar-refractivity contribution in [2.45, 2.75) is 31.1 Å². The van der Waals surface area contributed by atoms with Gasteiger partial charge in [0.15, 0.2) is 0 Å². The lowest BCUT2D eigenvalue weighted by Crippen LogP contribution is -2.37. The molecule has 20 heavy (non-hydrogen) atoms. The molecule has 1 aliphatic rings. The fourth-order valence-electron chi connectivity index (χ4n) is 2.25. The number of halogens is 2. The summed E-state index contributed by atoms with van der Waals surface area (Å²) in [5, 5.41) is 0.264. The number of hydrogen-bond acceptors (Lipinski definition) is 3. The van der Waals surface area contributed by atoms with E-state index in [4.69, 9.17) is 28.9 Å². The van der Waals surface area contributed by atoms with Crippen LogP contribution in [-0.4, -0.2) is 25.8 Å². The van der Waals surface area contributed by atoms with E-state index >= 15 is 0 Å². The Kier molecular flexibility index (Phi) is 4.84. The summed E-state index contributed by atoms with van der Waals surface area (Å²) < 4.78 is 26.8. The number of hydrogen-bond donors (Lipinski definition) is 1. The number of nitrogen functional groups attached to an aromatic ring is 1. The highest BCUT2D eigenvalue weighted by atomic mass is 35.5. The summed E-state index contributed by atoms with van der Waals surface area (Å²) in [6, 6.07) is 2.88. The summed E-state index contributed by atoms with van der Waals surface area (Å²) in [7, 11) is -3.63. The normalized spacial score (nSPS) is 16.4. The predicted molar refractivity (Wildman–Crippen MR) is 82.6 cm³/mol. The van der Waals surface area contributed by atoms with Crippen LogP contribution in [0.15, 0.2) is 17.0 Å². The van der Waals surface area contributed by atoms with Crippen LogP contribution in [0.4, 0.5) is 5.69 Å². The number of nitrogens with zero attached hydrogens (tertiary/aromatic N) is 1. The Balaban J connectivity index is 2.35. The average molecular weight is 337 g/mol. The van der Waals surface area contributed by atoms with Crippen LogP contribution in [0.25, 0.3) is 0 Å². The topological polar surface area (TPSA) is 63.4 Å². The molecule has 0 radical (unpaired) electrons. The lowest BCUT2D eigenvalue weighted by atomic mass is 9.85. The quantitative estimate of drug-likeness (QED) is 0.838. The average Bonchev–Trinajstić information content (AvgIpc) is 2.34. The van der Waals surface area contributed by atoms with Gasteiger partial charge in [0, 0.05) is 13.1 Å². The van der Waals surface area contributed by atoms with Gasteiger partial charge in [-0.25, -0.2) is 8.42 Å². The van der Waals surface area contributed by atoms with Gasteiger partial charge < -0.3 is 5.73 Å². The second kappa shape index (κ2) is 6.10. The highest BCUT2D eigenvalue weighted by molar-refractivity contribution is 7.89. The van der Waals surface area contributed by atoms with Gasteiger partial charge in [0.1, 0.15) is 4.90 Å². The largest absolute Gasteiger partial charge is 0.396 e. The zero-order chi connectivity index (χ0) is 14.9. The molecule has 1 fully saturated rings. The zero-order valence-electron chi connectivity index (χ0n) is 11.3. The van der Waals surface area contributed by atoms with E-state index in [0.717, 1.165) is 12.8 Å². The third-order valence-corrected chi connectivity index (χ3v) is 6.58. The first-order chi connectivity index (χ1) is 9.37. The van der Waals surface area contributed by atoms with Crippen molar-refractivity contribution in [1.82, 2.24) is 4.31 Å². The molecule has 0 aliphatic heterocycles. The lowest BCUT2D eigenvalue weighted by Gasteiger charge is -2.31. The molecule has 0 saturated heterocycles. The van der Waals surface area contributed by atoms with Crippen LogP contribution in [0.1, 0.15) is 26.2 Å². The monoisotopic (exact) mass is 336 g/mol. The Morgan fingerprint density at radius 1 is 1.35 bits per heavy atom. The fraction of sp³-hybridized carbons (Fsp3) is 0.538. The van der Waals surface area contributed by atoms with E-state index in [9.17, 15) is 8.42 Å². The van der Waals surface area contributed by atoms with Crippen LogP contribution in [0.2, 0.25) is 10.0 Å². The van der Waals surface area contributed by atoms with Gasteiger partial charge >= 0.3 is 0 Å². The van der Waals surface area contributed by atoms with Crippen molar-refractivity contribution in [3.63, 3.8) is 0 Å². The van der Waals surface area contributed by atoms with Crippen LogP contribution in [0.5, 0.6) is 0 Å². The molecule has 0 aromatic heterocycles. The highest BCUT2D eigenvalue weighted by Crippen LogP contribution is 2.35. The number of nitrogens with two attached hydrogens (primary N) is 1. The first-order valence-corrected chi connectivity index (χ1v) is 8.81. The fourth-order valence-corrected chi connectivity index (χ4v) is 4.51. The molecule has 1 aromatic rings. The molecule has 2 rings (SSSR count). The maximum Gasteiger partial charge on any atom is 0.244 e.